The van der Waals surface area contributed by atoms with Crippen molar-refractivity contribution in [2.45, 2.75) is 77.0 Å². The van der Waals surface area contributed by atoms with Crippen molar-refractivity contribution in [2.24, 2.45) is 17.8 Å². The SMILES string of the molecule is CCCC1CCC(C2CCC(c3ccc(C#N)c(F)c3I)CC2)CC1. The van der Waals surface area contributed by atoms with Gasteiger partial charge in [-0.1, -0.05) is 38.7 Å². The van der Waals surface area contributed by atoms with Crippen molar-refractivity contribution in [1.82, 2.24) is 0 Å². The summed E-state index contributed by atoms with van der Waals surface area (Å²) in [5.74, 6) is 2.96. The first-order chi connectivity index (χ1) is 12.1. The highest BCUT2D eigenvalue weighted by Crippen LogP contribution is 2.45. The molecular formula is C22H29FIN. The van der Waals surface area contributed by atoms with Gasteiger partial charge in [-0.05, 0) is 96.4 Å². The average molecular weight is 453 g/mol. The number of halogens is 2. The van der Waals surface area contributed by atoms with Crippen molar-refractivity contribution in [3.63, 3.8) is 0 Å². The maximum absolute atomic E-state index is 14.3. The van der Waals surface area contributed by atoms with Gasteiger partial charge in [0, 0.05) is 0 Å². The lowest BCUT2D eigenvalue weighted by Crippen LogP contribution is -2.25. The van der Waals surface area contributed by atoms with E-state index in [0.29, 0.717) is 9.49 Å². The third-order valence-electron chi connectivity index (χ3n) is 6.70. The van der Waals surface area contributed by atoms with Crippen LogP contribution in [0.2, 0.25) is 0 Å². The predicted octanol–water partition coefficient (Wildman–Crippen LogP) is 7.18. The Bertz CT molecular complexity index is 620. The van der Waals surface area contributed by atoms with Crippen molar-refractivity contribution >= 4 is 22.6 Å². The molecule has 0 atom stereocenters. The number of nitrogens with zero attached hydrogens (tertiary/aromatic N) is 1. The molecule has 0 saturated heterocycles. The molecule has 0 amide bonds. The minimum absolute atomic E-state index is 0.172. The van der Waals surface area contributed by atoms with Gasteiger partial charge < -0.3 is 0 Å². The van der Waals surface area contributed by atoms with Crippen LogP contribution in [0.4, 0.5) is 4.39 Å². The third kappa shape index (κ3) is 4.38. The number of nitriles is 1. The molecule has 25 heavy (non-hydrogen) atoms. The van der Waals surface area contributed by atoms with Crippen molar-refractivity contribution in [2.75, 3.05) is 0 Å². The van der Waals surface area contributed by atoms with Crippen LogP contribution in [0.5, 0.6) is 0 Å². The summed E-state index contributed by atoms with van der Waals surface area (Å²) in [4.78, 5) is 0. The maximum Gasteiger partial charge on any atom is 0.154 e. The van der Waals surface area contributed by atoms with Gasteiger partial charge >= 0.3 is 0 Å². The fourth-order valence-corrected chi connectivity index (χ4v) is 6.13. The highest BCUT2D eigenvalue weighted by Gasteiger charge is 2.32. The summed E-state index contributed by atoms with van der Waals surface area (Å²) in [5, 5.41) is 8.98. The molecule has 3 rings (SSSR count). The standard InChI is InChI=1S/C22H29FIN/c1-2-3-15-4-6-16(7-5-15)17-8-10-18(11-9-17)20-13-12-19(14-25)21(23)22(20)24/h12-13,15-18H,2-11H2,1H3. The Hall–Kier alpha value is -0.630. The molecule has 0 aliphatic heterocycles. The minimum Gasteiger partial charge on any atom is -0.204 e. The highest BCUT2D eigenvalue weighted by molar-refractivity contribution is 14.1. The Labute approximate surface area is 165 Å². The normalized spacial score (nSPS) is 30.0. The first-order valence-electron chi connectivity index (χ1n) is 10.0. The molecule has 2 fully saturated rings. The lowest BCUT2D eigenvalue weighted by molar-refractivity contribution is 0.156. The summed E-state index contributed by atoms with van der Waals surface area (Å²) in [6, 6.07) is 5.60. The first-order valence-corrected chi connectivity index (χ1v) is 11.1. The predicted molar refractivity (Wildman–Crippen MR) is 109 cm³/mol. The van der Waals surface area contributed by atoms with Crippen LogP contribution in [-0.4, -0.2) is 0 Å². The molecule has 3 heteroatoms. The summed E-state index contributed by atoms with van der Waals surface area (Å²) in [5.41, 5.74) is 1.30. The van der Waals surface area contributed by atoms with E-state index in [2.05, 4.69) is 29.5 Å². The Balaban J connectivity index is 1.56. The van der Waals surface area contributed by atoms with Gasteiger partial charge in [0.05, 0.1) is 9.13 Å². The van der Waals surface area contributed by atoms with Gasteiger partial charge in [-0.25, -0.2) is 4.39 Å². The quantitative estimate of drug-likeness (QED) is 0.443. The second kappa shape index (κ2) is 8.84. The van der Waals surface area contributed by atoms with Crippen LogP contribution in [0.1, 0.15) is 88.2 Å². The third-order valence-corrected chi connectivity index (χ3v) is 7.80. The minimum atomic E-state index is -0.322. The zero-order valence-corrected chi connectivity index (χ0v) is 17.4. The zero-order chi connectivity index (χ0) is 17.8. The number of hydrogen-bond acceptors (Lipinski definition) is 1. The van der Waals surface area contributed by atoms with Crippen LogP contribution in [0.15, 0.2) is 12.1 Å². The van der Waals surface area contributed by atoms with E-state index in [4.69, 9.17) is 5.26 Å². The lowest BCUT2D eigenvalue weighted by atomic mass is 9.68. The first kappa shape index (κ1) is 19.1. The molecule has 0 unspecified atom stereocenters. The molecular weight excluding hydrogens is 424 g/mol. The monoisotopic (exact) mass is 453 g/mol. The average Bonchev–Trinajstić information content (AvgIpc) is 2.65. The van der Waals surface area contributed by atoms with Crippen molar-refractivity contribution in [1.29, 1.82) is 5.26 Å². The fourth-order valence-electron chi connectivity index (χ4n) is 5.22. The van der Waals surface area contributed by atoms with Gasteiger partial charge in [0.15, 0.2) is 5.82 Å². The molecule has 0 spiro atoms. The maximum atomic E-state index is 14.3. The van der Waals surface area contributed by atoms with Gasteiger partial charge in [0.1, 0.15) is 6.07 Å². The summed E-state index contributed by atoms with van der Waals surface area (Å²) in [6.07, 6.45) is 13.5. The summed E-state index contributed by atoms with van der Waals surface area (Å²) < 4.78 is 14.9. The van der Waals surface area contributed by atoms with E-state index in [1.165, 1.54) is 64.2 Å². The second-order valence-corrected chi connectivity index (χ2v) is 9.20. The molecule has 1 aromatic rings. The van der Waals surface area contributed by atoms with E-state index in [0.717, 1.165) is 23.3 Å². The largest absolute Gasteiger partial charge is 0.204 e. The molecule has 136 valence electrons. The van der Waals surface area contributed by atoms with Gasteiger partial charge in [-0.3, -0.25) is 0 Å². The molecule has 1 aromatic carbocycles. The van der Waals surface area contributed by atoms with Crippen LogP contribution in [0.25, 0.3) is 0 Å². The Morgan fingerprint density at radius 1 is 1.04 bits per heavy atom. The van der Waals surface area contributed by atoms with Gasteiger partial charge in [0.25, 0.3) is 0 Å². The molecule has 2 saturated carbocycles. The topological polar surface area (TPSA) is 23.8 Å². The smallest absolute Gasteiger partial charge is 0.154 e. The van der Waals surface area contributed by atoms with Crippen LogP contribution in [-0.2, 0) is 0 Å². The Morgan fingerprint density at radius 3 is 2.20 bits per heavy atom. The highest BCUT2D eigenvalue weighted by atomic mass is 127. The number of hydrogen-bond donors (Lipinski definition) is 0. The van der Waals surface area contributed by atoms with Crippen molar-refractivity contribution in [3.8, 4) is 6.07 Å². The van der Waals surface area contributed by atoms with Crippen LogP contribution in [0, 0.1) is 38.5 Å². The van der Waals surface area contributed by atoms with E-state index >= 15 is 0 Å². The molecule has 0 aromatic heterocycles. The summed E-state index contributed by atoms with van der Waals surface area (Å²) in [7, 11) is 0. The molecule has 0 bridgehead atoms. The van der Waals surface area contributed by atoms with Gasteiger partial charge in [-0.15, -0.1) is 0 Å². The molecule has 2 aliphatic rings. The van der Waals surface area contributed by atoms with Gasteiger partial charge in [0.2, 0.25) is 0 Å². The van der Waals surface area contributed by atoms with E-state index in [-0.39, 0.29) is 11.4 Å². The number of benzene rings is 1. The van der Waals surface area contributed by atoms with E-state index in [9.17, 15) is 4.39 Å². The van der Waals surface area contributed by atoms with Crippen LogP contribution >= 0.6 is 22.6 Å². The zero-order valence-electron chi connectivity index (χ0n) is 15.2. The summed E-state index contributed by atoms with van der Waals surface area (Å²) in [6.45, 7) is 2.31. The lowest BCUT2D eigenvalue weighted by Gasteiger charge is -2.38. The van der Waals surface area contributed by atoms with Crippen LogP contribution in [0.3, 0.4) is 0 Å². The molecule has 0 radical (unpaired) electrons. The Morgan fingerprint density at radius 2 is 1.64 bits per heavy atom. The van der Waals surface area contributed by atoms with E-state index in [1.807, 2.05) is 12.1 Å². The van der Waals surface area contributed by atoms with Crippen molar-refractivity contribution in [3.05, 3.63) is 32.6 Å². The van der Waals surface area contributed by atoms with E-state index < -0.39 is 0 Å². The number of rotatable bonds is 4. The molecule has 0 heterocycles. The summed E-state index contributed by atoms with van der Waals surface area (Å²) >= 11 is 2.09. The second-order valence-electron chi connectivity index (χ2n) is 8.12. The fraction of sp³-hybridized carbons (Fsp3) is 0.682. The van der Waals surface area contributed by atoms with Gasteiger partial charge in [-0.2, -0.15) is 5.26 Å². The Kier molecular flexibility index (Phi) is 6.77. The molecule has 2 aliphatic carbocycles. The molecule has 1 nitrogen and oxygen atoms in total. The van der Waals surface area contributed by atoms with E-state index in [1.54, 1.807) is 6.07 Å². The van der Waals surface area contributed by atoms with Crippen molar-refractivity contribution < 1.29 is 4.39 Å². The molecule has 0 N–H and O–H groups in total. The van der Waals surface area contributed by atoms with Crippen LogP contribution < -0.4 is 0 Å².